The Bertz CT molecular complexity index is 335. The minimum Gasteiger partial charge on any atom is -0.369 e. The largest absolute Gasteiger partial charge is 0.369 e. The molecular weight excluding hydrogens is 219 g/mol. The van der Waals surface area contributed by atoms with Gasteiger partial charge in [-0.15, -0.1) is 0 Å². The van der Waals surface area contributed by atoms with Crippen molar-refractivity contribution in [3.05, 3.63) is 30.3 Å². The number of benzene rings is 1. The van der Waals surface area contributed by atoms with Crippen LogP contribution in [0.1, 0.15) is 0 Å². The topological polar surface area (TPSA) is 63.6 Å². The molecule has 0 bridgehead atoms. The van der Waals surface area contributed by atoms with Crippen LogP contribution in [-0.2, 0) is 14.3 Å². The minimum absolute atomic E-state index is 0. The Morgan fingerprint density at radius 3 is 2.23 bits per heavy atom. The monoisotopic (exact) mass is 227 g/mol. The molecule has 13 heavy (non-hydrogen) atoms. The van der Waals surface area contributed by atoms with Gasteiger partial charge in [-0.2, -0.15) is 8.42 Å². The molecule has 4 nitrogen and oxygen atoms in total. The van der Waals surface area contributed by atoms with Gasteiger partial charge in [0.1, 0.15) is 0 Å². The first-order valence-electron chi connectivity index (χ1n) is 3.22. The Morgan fingerprint density at radius 1 is 1.23 bits per heavy atom. The Labute approximate surface area is 119 Å². The van der Waals surface area contributed by atoms with Crippen molar-refractivity contribution in [2.75, 3.05) is 6.79 Å². The van der Waals surface area contributed by atoms with E-state index in [1.54, 1.807) is 18.2 Å². The van der Waals surface area contributed by atoms with Gasteiger partial charge in [0.2, 0.25) is 0 Å². The Kier molecular flexibility index (Phi) is 6.60. The number of aliphatic hydroxyl groups excluding tert-OH is 1. The summed E-state index contributed by atoms with van der Waals surface area (Å²) >= 11 is 0. The second-order valence-corrected chi connectivity index (χ2v) is 3.63. The first kappa shape index (κ1) is 13.7. The van der Waals surface area contributed by atoms with E-state index in [0.29, 0.717) is 0 Å². The summed E-state index contributed by atoms with van der Waals surface area (Å²) in [6, 6.07) is 7.63. The molecular formula is C7H8KO4S. The molecule has 0 aliphatic rings. The van der Waals surface area contributed by atoms with Crippen LogP contribution in [0.4, 0.5) is 0 Å². The molecule has 1 radical (unpaired) electrons. The molecule has 0 heterocycles. The maximum atomic E-state index is 11.0. The summed E-state index contributed by atoms with van der Waals surface area (Å²) in [7, 11) is -3.76. The van der Waals surface area contributed by atoms with Gasteiger partial charge in [0.25, 0.3) is 10.1 Å². The average molecular weight is 227 g/mol. The summed E-state index contributed by atoms with van der Waals surface area (Å²) in [5.74, 6) is 0. The summed E-state index contributed by atoms with van der Waals surface area (Å²) in [5, 5.41) is 8.26. The van der Waals surface area contributed by atoms with Crippen LogP contribution < -0.4 is 0 Å². The predicted molar refractivity (Wildman–Crippen MR) is 47.6 cm³/mol. The van der Waals surface area contributed by atoms with Gasteiger partial charge >= 0.3 is 0 Å². The molecule has 1 aromatic carbocycles. The van der Waals surface area contributed by atoms with Gasteiger partial charge < -0.3 is 5.11 Å². The van der Waals surface area contributed by atoms with Gasteiger partial charge in [0, 0.05) is 51.4 Å². The van der Waals surface area contributed by atoms with Crippen LogP contribution >= 0.6 is 0 Å². The van der Waals surface area contributed by atoms with Crippen LogP contribution in [0, 0.1) is 0 Å². The molecule has 1 N–H and O–H groups in total. The predicted octanol–water partition coefficient (Wildman–Crippen LogP) is -0.0391. The number of aliphatic hydroxyl groups is 1. The summed E-state index contributed by atoms with van der Waals surface area (Å²) in [6.45, 7) is -0.836. The Morgan fingerprint density at radius 2 is 1.77 bits per heavy atom. The SMILES string of the molecule is O=S(=O)(OCO)c1ccccc1.[K]. The summed E-state index contributed by atoms with van der Waals surface area (Å²) < 4.78 is 26.2. The van der Waals surface area contributed by atoms with Gasteiger partial charge in [-0.1, -0.05) is 18.2 Å². The maximum absolute atomic E-state index is 11.0. The fourth-order valence-electron chi connectivity index (χ4n) is 0.725. The van der Waals surface area contributed by atoms with Crippen molar-refractivity contribution in [2.45, 2.75) is 4.90 Å². The Balaban J connectivity index is 0.00000144. The first-order valence-corrected chi connectivity index (χ1v) is 4.63. The normalized spacial score (nSPS) is 10.5. The van der Waals surface area contributed by atoms with Crippen molar-refractivity contribution >= 4 is 61.5 Å². The molecule has 0 saturated heterocycles. The number of hydrogen-bond acceptors (Lipinski definition) is 4. The van der Waals surface area contributed by atoms with Crippen LogP contribution in [0.5, 0.6) is 0 Å². The third kappa shape index (κ3) is 4.18. The molecule has 0 spiro atoms. The molecule has 0 aliphatic heterocycles. The van der Waals surface area contributed by atoms with Gasteiger partial charge in [0.05, 0.1) is 4.90 Å². The van der Waals surface area contributed by atoms with Gasteiger partial charge in [0.15, 0.2) is 6.79 Å². The molecule has 0 fully saturated rings. The first-order chi connectivity index (χ1) is 5.67. The van der Waals surface area contributed by atoms with Crippen molar-refractivity contribution in [1.29, 1.82) is 0 Å². The van der Waals surface area contributed by atoms with E-state index in [-0.39, 0.29) is 56.3 Å². The van der Waals surface area contributed by atoms with E-state index in [9.17, 15) is 8.42 Å². The molecule has 67 valence electrons. The van der Waals surface area contributed by atoms with Crippen LogP contribution in [0.25, 0.3) is 0 Å². The van der Waals surface area contributed by atoms with E-state index >= 15 is 0 Å². The van der Waals surface area contributed by atoms with Gasteiger partial charge in [-0.25, -0.2) is 4.18 Å². The van der Waals surface area contributed by atoms with E-state index in [2.05, 4.69) is 4.18 Å². The molecule has 0 saturated carbocycles. The fraction of sp³-hybridized carbons (Fsp3) is 0.143. The summed E-state index contributed by atoms with van der Waals surface area (Å²) in [5.41, 5.74) is 0. The van der Waals surface area contributed by atoms with Gasteiger partial charge in [-0.3, -0.25) is 0 Å². The van der Waals surface area contributed by atoms with E-state index in [0.717, 1.165) is 0 Å². The second kappa shape index (κ2) is 6.26. The fourth-order valence-corrected chi connectivity index (χ4v) is 1.49. The smallest absolute Gasteiger partial charge is 0.299 e. The molecule has 0 aromatic heterocycles. The van der Waals surface area contributed by atoms with Crippen LogP contribution in [-0.4, -0.2) is 71.7 Å². The second-order valence-electron chi connectivity index (χ2n) is 2.01. The van der Waals surface area contributed by atoms with Crippen LogP contribution in [0.15, 0.2) is 35.2 Å². The number of rotatable bonds is 3. The molecule has 0 aliphatic carbocycles. The zero-order valence-electron chi connectivity index (χ0n) is 7.17. The van der Waals surface area contributed by atoms with Crippen molar-refractivity contribution < 1.29 is 17.7 Å². The van der Waals surface area contributed by atoms with Crippen molar-refractivity contribution in [1.82, 2.24) is 0 Å². The maximum Gasteiger partial charge on any atom is 0.299 e. The van der Waals surface area contributed by atoms with Crippen molar-refractivity contribution in [3.8, 4) is 0 Å². The minimum atomic E-state index is -3.76. The van der Waals surface area contributed by atoms with Gasteiger partial charge in [-0.05, 0) is 12.1 Å². The zero-order valence-corrected chi connectivity index (χ0v) is 11.1. The quantitative estimate of drug-likeness (QED) is 0.447. The Hall–Kier alpha value is 0.726. The summed E-state index contributed by atoms with van der Waals surface area (Å²) in [4.78, 5) is 0.0408. The summed E-state index contributed by atoms with van der Waals surface area (Å²) in [6.07, 6.45) is 0. The molecule has 0 atom stereocenters. The van der Waals surface area contributed by atoms with E-state index in [1.165, 1.54) is 12.1 Å². The van der Waals surface area contributed by atoms with Crippen molar-refractivity contribution in [2.24, 2.45) is 0 Å². The standard InChI is InChI=1S/C7H8O4S.K/c8-6-11-12(9,10)7-4-2-1-3-5-7;/h1-5,8H,6H2;. The third-order valence-electron chi connectivity index (χ3n) is 1.24. The van der Waals surface area contributed by atoms with E-state index < -0.39 is 16.9 Å². The van der Waals surface area contributed by atoms with E-state index in [1.807, 2.05) is 0 Å². The van der Waals surface area contributed by atoms with Crippen LogP contribution in [0.2, 0.25) is 0 Å². The third-order valence-corrected chi connectivity index (χ3v) is 2.50. The van der Waals surface area contributed by atoms with Crippen LogP contribution in [0.3, 0.4) is 0 Å². The average Bonchev–Trinajstić information content (AvgIpc) is 2.06. The molecule has 0 amide bonds. The van der Waals surface area contributed by atoms with E-state index in [4.69, 9.17) is 5.11 Å². The molecule has 1 rings (SSSR count). The molecule has 6 heteroatoms. The molecule has 0 unspecified atom stereocenters. The van der Waals surface area contributed by atoms with Crippen molar-refractivity contribution in [3.63, 3.8) is 0 Å². The zero-order chi connectivity index (χ0) is 9.03. The molecule has 1 aromatic rings. The number of hydrogen-bond donors (Lipinski definition) is 1.